The molecule has 0 amide bonds. The minimum atomic E-state index is -1.14. The summed E-state index contributed by atoms with van der Waals surface area (Å²) < 4.78 is 35.3. The van der Waals surface area contributed by atoms with Crippen molar-refractivity contribution in [2.75, 3.05) is 13.2 Å². The van der Waals surface area contributed by atoms with Gasteiger partial charge in [0.15, 0.2) is 0 Å². The predicted octanol–water partition coefficient (Wildman–Crippen LogP) is 3.25. The normalized spacial score (nSPS) is 22.9. The first-order valence-corrected chi connectivity index (χ1v) is 14.2. The Labute approximate surface area is 243 Å². The average Bonchev–Trinajstić information content (AvgIpc) is 2.96. The Morgan fingerprint density at radius 3 is 2.15 bits per heavy atom. The van der Waals surface area contributed by atoms with Crippen LogP contribution in [0.3, 0.4) is 0 Å². The number of carbonyl (C=O) groups is 3. The Hall–Kier alpha value is -2.52. The zero-order chi connectivity index (χ0) is 28.9. The summed E-state index contributed by atoms with van der Waals surface area (Å²) in [6, 6.07) is 17.0. The van der Waals surface area contributed by atoms with Crippen LogP contribution in [-0.4, -0.2) is 80.6 Å². The summed E-state index contributed by atoms with van der Waals surface area (Å²) in [5.74, 6) is -1.79. The van der Waals surface area contributed by atoms with E-state index < -0.39 is 53.9 Å². The van der Waals surface area contributed by atoms with E-state index in [0.29, 0.717) is 17.7 Å². The fourth-order valence-corrected chi connectivity index (χ4v) is 4.55. The van der Waals surface area contributed by atoms with Gasteiger partial charge in [-0.25, -0.2) is 0 Å². The summed E-state index contributed by atoms with van der Waals surface area (Å²) in [4.78, 5) is 37.8. The Morgan fingerprint density at radius 2 is 1.57 bits per heavy atom. The van der Waals surface area contributed by atoms with Crippen molar-refractivity contribution in [1.29, 1.82) is 0 Å². The summed E-state index contributed by atoms with van der Waals surface area (Å²) in [5.41, 5.74) is -0.324. The number of carbonyl (C=O) groups excluding carboxylic acids is 3. The third-order valence-corrected chi connectivity index (χ3v) is 6.58. The maximum atomic E-state index is 13.1. The van der Waals surface area contributed by atoms with Crippen molar-refractivity contribution >= 4 is 53.2 Å². The topological polar surface area (TPSA) is 107 Å². The number of benzene rings is 2. The molecule has 1 heterocycles. The zero-order valence-electron chi connectivity index (χ0n) is 22.4. The van der Waals surface area contributed by atoms with Gasteiger partial charge in [0.2, 0.25) is 0 Å². The van der Waals surface area contributed by atoms with Gasteiger partial charge in [0.1, 0.15) is 0 Å². The minimum absolute atomic E-state index is 0.176. The zero-order valence-corrected chi connectivity index (χ0v) is 24.5. The number of hydrogen-bond donors (Lipinski definition) is 1. The van der Waals surface area contributed by atoms with Gasteiger partial charge in [-0.15, -0.1) is 0 Å². The second-order valence-corrected chi connectivity index (χ2v) is 9.85. The van der Waals surface area contributed by atoms with Gasteiger partial charge < -0.3 is 0 Å². The van der Waals surface area contributed by atoms with E-state index in [0.717, 1.165) is 12.8 Å². The molecule has 40 heavy (non-hydrogen) atoms. The number of rotatable bonds is 13. The Morgan fingerprint density at radius 1 is 0.950 bits per heavy atom. The SMILES string of the molecule is CCCCO[C@@H](COC(=O)c1ccccc1)C1O[C@@H](S)C(OC(C)=O)C(OC(=O)c2ccccc2)[C@@H]1OB=BP. The molecule has 0 aromatic heterocycles. The van der Waals surface area contributed by atoms with Crippen LogP contribution >= 0.6 is 21.7 Å². The first-order chi connectivity index (χ1) is 19.3. The molecule has 2 aromatic carbocycles. The molecule has 7 atom stereocenters. The van der Waals surface area contributed by atoms with E-state index in [1.165, 1.54) is 13.9 Å². The van der Waals surface area contributed by atoms with Gasteiger partial charge in [-0.1, -0.05) is 0 Å². The van der Waals surface area contributed by atoms with Gasteiger partial charge in [0.25, 0.3) is 0 Å². The molecule has 1 fully saturated rings. The quantitative estimate of drug-likeness (QED) is 0.0946. The summed E-state index contributed by atoms with van der Waals surface area (Å²) in [5, 5.41) is 0. The van der Waals surface area contributed by atoms with E-state index in [2.05, 4.69) is 21.7 Å². The van der Waals surface area contributed by atoms with E-state index in [4.69, 9.17) is 28.3 Å². The van der Waals surface area contributed by atoms with Crippen molar-refractivity contribution in [3.8, 4) is 0 Å². The molecule has 1 saturated heterocycles. The Bertz CT molecular complexity index is 1130. The van der Waals surface area contributed by atoms with E-state index in [-0.39, 0.29) is 6.61 Å². The molecule has 0 saturated carbocycles. The summed E-state index contributed by atoms with van der Waals surface area (Å²) in [6.45, 7) is 5.01. The van der Waals surface area contributed by atoms with E-state index >= 15 is 0 Å². The second kappa shape index (κ2) is 16.7. The van der Waals surface area contributed by atoms with Crippen molar-refractivity contribution < 1.29 is 42.7 Å². The van der Waals surface area contributed by atoms with E-state index in [1.807, 2.05) is 6.92 Å². The second-order valence-electron chi connectivity index (χ2n) is 8.96. The summed E-state index contributed by atoms with van der Waals surface area (Å²) in [6.07, 6.45) is -3.38. The predicted molar refractivity (Wildman–Crippen MR) is 156 cm³/mol. The molecule has 0 N–H and O–H groups in total. The molecule has 0 aliphatic carbocycles. The first kappa shape index (κ1) is 32.0. The molecular formula is C27H33B2O9PS. The van der Waals surface area contributed by atoms with Crippen molar-refractivity contribution in [2.45, 2.75) is 62.6 Å². The summed E-state index contributed by atoms with van der Waals surface area (Å²) >= 11 is 4.53. The maximum absolute atomic E-state index is 13.1. The molecule has 212 valence electrons. The van der Waals surface area contributed by atoms with Crippen LogP contribution in [0.1, 0.15) is 47.4 Å². The molecule has 13 heteroatoms. The van der Waals surface area contributed by atoms with Gasteiger partial charge in [0.05, 0.1) is 0 Å². The van der Waals surface area contributed by atoms with Gasteiger partial charge >= 0.3 is 244 Å². The Balaban J connectivity index is 1.93. The van der Waals surface area contributed by atoms with E-state index in [9.17, 15) is 14.4 Å². The molecule has 1 aliphatic rings. The van der Waals surface area contributed by atoms with Gasteiger partial charge in [-0.2, -0.15) is 0 Å². The van der Waals surface area contributed by atoms with Gasteiger partial charge in [-0.3, -0.25) is 0 Å². The molecule has 0 bridgehead atoms. The monoisotopic (exact) mass is 586 g/mol. The number of hydrogen-bond acceptors (Lipinski definition) is 10. The molecule has 3 rings (SSSR count). The van der Waals surface area contributed by atoms with Crippen molar-refractivity contribution in [3.63, 3.8) is 0 Å². The van der Waals surface area contributed by atoms with Crippen LogP contribution in [0, 0.1) is 0 Å². The third kappa shape index (κ3) is 9.26. The summed E-state index contributed by atoms with van der Waals surface area (Å²) in [7, 11) is 3.78. The number of unbranched alkanes of at least 4 members (excludes halogenated alkanes) is 1. The van der Waals surface area contributed by atoms with Crippen LogP contribution in [0.2, 0.25) is 0 Å². The fraction of sp³-hybridized carbons (Fsp3) is 0.444. The first-order valence-electron chi connectivity index (χ1n) is 13.0. The molecule has 9 nitrogen and oxygen atoms in total. The van der Waals surface area contributed by atoms with Crippen LogP contribution in [0.15, 0.2) is 60.7 Å². The number of thiol groups is 1. The molecule has 4 unspecified atom stereocenters. The van der Waals surface area contributed by atoms with E-state index in [1.54, 1.807) is 67.2 Å². The van der Waals surface area contributed by atoms with Crippen LogP contribution < -0.4 is 0 Å². The number of esters is 3. The standard InChI is InChI=1S/C27H33B2O9PS/c1-3-4-15-33-20(16-34-25(31)18-11-7-5-8-12-18)21-23(38-28-29-39)22(24(27(40)37-21)35-17(2)30)36-26(32)19-13-9-6-10-14-19/h5-14,20-24,27,40H,3-4,15-16,39H2,1-2H3/t20-,21?,22?,23+,24?,27-/m0/s1. The van der Waals surface area contributed by atoms with Crippen LogP contribution in [-0.2, 0) is 33.1 Å². The molecule has 1 aliphatic heterocycles. The number of ether oxygens (including phenoxy) is 5. The van der Waals surface area contributed by atoms with Gasteiger partial charge in [-0.05, 0) is 0 Å². The Kier molecular flexibility index (Phi) is 13.3. The average molecular weight is 586 g/mol. The fourth-order valence-electron chi connectivity index (χ4n) is 4.09. The van der Waals surface area contributed by atoms with Crippen molar-refractivity contribution in [1.82, 2.24) is 0 Å². The van der Waals surface area contributed by atoms with Crippen LogP contribution in [0.5, 0.6) is 0 Å². The molecular weight excluding hydrogens is 553 g/mol. The van der Waals surface area contributed by atoms with Crippen LogP contribution in [0.4, 0.5) is 0 Å². The molecule has 2 aromatic rings. The molecule has 0 spiro atoms. The third-order valence-electron chi connectivity index (χ3n) is 6.00. The van der Waals surface area contributed by atoms with Gasteiger partial charge in [0, 0.05) is 0 Å². The molecule has 0 radical (unpaired) electrons. The van der Waals surface area contributed by atoms with Crippen LogP contribution in [0.25, 0.3) is 0 Å². The van der Waals surface area contributed by atoms with Crippen molar-refractivity contribution in [2.24, 2.45) is 0 Å². The van der Waals surface area contributed by atoms with Crippen molar-refractivity contribution in [3.05, 3.63) is 71.8 Å².